The van der Waals surface area contributed by atoms with E-state index in [-0.39, 0.29) is 22.0 Å². The van der Waals surface area contributed by atoms with Crippen LogP contribution in [0.5, 0.6) is 0 Å². The summed E-state index contributed by atoms with van der Waals surface area (Å²) < 4.78 is 26.5. The van der Waals surface area contributed by atoms with Gasteiger partial charge >= 0.3 is 0 Å². The minimum Gasteiger partial charge on any atom is -0.318 e. The van der Waals surface area contributed by atoms with Gasteiger partial charge in [0.05, 0.1) is 16.2 Å². The van der Waals surface area contributed by atoms with E-state index in [4.69, 9.17) is 5.14 Å². The molecule has 0 atom stereocenters. The summed E-state index contributed by atoms with van der Waals surface area (Å²) in [5.74, 6) is 0.162. The number of primary sulfonamides is 1. The zero-order valence-electron chi connectivity index (χ0n) is 17.4. The maximum Gasteiger partial charge on any atom is 0.238 e. The quantitative estimate of drug-likeness (QED) is 0.453. The molecule has 2 heterocycles. The summed E-state index contributed by atoms with van der Waals surface area (Å²) in [6.07, 6.45) is 0. The van der Waals surface area contributed by atoms with Crippen LogP contribution in [0.3, 0.4) is 0 Å². The van der Waals surface area contributed by atoms with Gasteiger partial charge in [-0.3, -0.25) is 4.79 Å². The lowest BCUT2D eigenvalue weighted by Gasteiger charge is -2.19. The first-order valence-electron chi connectivity index (χ1n) is 9.16. The fraction of sp³-hybridized carbons (Fsp3) is 0.368. The molecule has 160 valence electrons. The van der Waals surface area contributed by atoms with Crippen LogP contribution in [0, 0.1) is 13.8 Å². The molecule has 0 saturated heterocycles. The number of nitrogens with two attached hydrogens (primary N) is 1. The summed E-state index contributed by atoms with van der Waals surface area (Å²) in [6, 6.07) is 8.07. The standard InChI is InChI=1S/C19H24N6O3S2/c1-12-10-16(17(26)11-29-18-21-22-23-25(18)19(3,4)5)13(2)24(12)14-6-8-15(9-7-14)30(20,27)28/h6-10H,11H2,1-5H3,(H2,20,27,28). The number of aromatic nitrogens is 5. The zero-order chi connectivity index (χ0) is 22.3. The van der Waals surface area contributed by atoms with Gasteiger partial charge in [-0.1, -0.05) is 11.8 Å². The average Bonchev–Trinajstić information content (AvgIpc) is 3.23. The molecule has 2 N–H and O–H groups in total. The average molecular weight is 449 g/mol. The number of tetrazole rings is 1. The molecular formula is C19H24N6O3S2. The van der Waals surface area contributed by atoms with Crippen molar-refractivity contribution in [2.75, 3.05) is 5.75 Å². The highest BCUT2D eigenvalue weighted by molar-refractivity contribution is 7.99. The van der Waals surface area contributed by atoms with Crippen molar-refractivity contribution >= 4 is 27.6 Å². The van der Waals surface area contributed by atoms with E-state index in [0.29, 0.717) is 10.7 Å². The number of rotatable bonds is 6. The van der Waals surface area contributed by atoms with Crippen LogP contribution in [0.15, 0.2) is 40.4 Å². The van der Waals surface area contributed by atoms with Gasteiger partial charge in [-0.2, -0.15) is 0 Å². The van der Waals surface area contributed by atoms with Gasteiger partial charge in [0.1, 0.15) is 0 Å². The number of aryl methyl sites for hydroxylation is 1. The Bertz CT molecular complexity index is 1190. The van der Waals surface area contributed by atoms with E-state index in [1.807, 2.05) is 45.3 Å². The predicted molar refractivity (Wildman–Crippen MR) is 114 cm³/mol. The maximum atomic E-state index is 12.9. The fourth-order valence-electron chi connectivity index (χ4n) is 3.13. The lowest BCUT2D eigenvalue weighted by Crippen LogP contribution is -2.24. The summed E-state index contributed by atoms with van der Waals surface area (Å²) in [5.41, 5.74) is 2.71. The van der Waals surface area contributed by atoms with Gasteiger partial charge in [0.15, 0.2) is 5.78 Å². The molecule has 9 nitrogen and oxygen atoms in total. The highest BCUT2D eigenvalue weighted by Crippen LogP contribution is 2.26. The Morgan fingerprint density at radius 3 is 2.37 bits per heavy atom. The number of carbonyl (C=O) groups excluding carboxylic acids is 1. The Balaban J connectivity index is 1.83. The third-order valence-electron chi connectivity index (χ3n) is 4.56. The number of benzene rings is 1. The SMILES string of the molecule is Cc1cc(C(=O)CSc2nnnn2C(C)(C)C)c(C)n1-c1ccc(S(N)(=O)=O)cc1. The molecule has 0 bridgehead atoms. The third-order valence-corrected chi connectivity index (χ3v) is 6.41. The third kappa shape index (κ3) is 4.47. The molecule has 2 aromatic heterocycles. The van der Waals surface area contributed by atoms with Gasteiger partial charge in [0.25, 0.3) is 0 Å². The number of thioether (sulfide) groups is 1. The number of hydrogen-bond donors (Lipinski definition) is 1. The minimum atomic E-state index is -3.76. The van der Waals surface area contributed by atoms with Crippen LogP contribution >= 0.6 is 11.8 Å². The van der Waals surface area contributed by atoms with Gasteiger partial charge in [-0.05, 0) is 75.4 Å². The second-order valence-electron chi connectivity index (χ2n) is 7.92. The molecule has 30 heavy (non-hydrogen) atoms. The van der Waals surface area contributed by atoms with Crippen molar-refractivity contribution in [1.29, 1.82) is 0 Å². The van der Waals surface area contributed by atoms with Gasteiger partial charge in [-0.15, -0.1) is 5.10 Å². The number of hydrogen-bond acceptors (Lipinski definition) is 7. The summed E-state index contributed by atoms with van der Waals surface area (Å²) in [5, 5.41) is 17.5. The van der Waals surface area contributed by atoms with Gasteiger partial charge in [0.2, 0.25) is 15.2 Å². The molecule has 3 rings (SSSR count). The lowest BCUT2D eigenvalue weighted by molar-refractivity contribution is 0.102. The van der Waals surface area contributed by atoms with E-state index in [9.17, 15) is 13.2 Å². The fourth-order valence-corrected chi connectivity index (χ4v) is 4.58. The van der Waals surface area contributed by atoms with Crippen LogP contribution in [0.25, 0.3) is 5.69 Å². The molecule has 3 aromatic rings. The normalized spacial score (nSPS) is 12.3. The Labute approximate surface area is 179 Å². The predicted octanol–water partition coefficient (Wildman–Crippen LogP) is 2.46. The molecule has 0 aliphatic rings. The smallest absolute Gasteiger partial charge is 0.238 e. The van der Waals surface area contributed by atoms with Crippen molar-refractivity contribution < 1.29 is 13.2 Å². The summed E-state index contributed by atoms with van der Waals surface area (Å²) >= 11 is 1.30. The Hall–Kier alpha value is -2.50. The Morgan fingerprint density at radius 2 is 1.80 bits per heavy atom. The number of ketones is 1. The monoisotopic (exact) mass is 448 g/mol. The number of Topliss-reactive ketones (excluding diaryl/α,β-unsaturated/α-hetero) is 1. The molecule has 0 spiro atoms. The molecule has 11 heteroatoms. The second-order valence-corrected chi connectivity index (χ2v) is 10.4. The molecule has 1 aromatic carbocycles. The van der Waals surface area contributed by atoms with E-state index in [1.165, 1.54) is 23.9 Å². The Morgan fingerprint density at radius 1 is 1.17 bits per heavy atom. The zero-order valence-corrected chi connectivity index (χ0v) is 19.1. The van der Waals surface area contributed by atoms with Crippen molar-refractivity contribution in [3.8, 4) is 5.69 Å². The van der Waals surface area contributed by atoms with Crippen LogP contribution in [0.4, 0.5) is 0 Å². The topological polar surface area (TPSA) is 126 Å². The minimum absolute atomic E-state index is 0.0380. The molecule has 0 aliphatic heterocycles. The molecule has 0 aliphatic carbocycles. The number of carbonyl (C=O) groups is 1. The lowest BCUT2D eigenvalue weighted by atomic mass is 10.1. The van der Waals surface area contributed by atoms with Crippen molar-refractivity contribution in [2.45, 2.75) is 50.2 Å². The summed E-state index contributed by atoms with van der Waals surface area (Å²) in [6.45, 7) is 9.72. The van der Waals surface area contributed by atoms with E-state index >= 15 is 0 Å². The van der Waals surface area contributed by atoms with Crippen LogP contribution in [0.2, 0.25) is 0 Å². The van der Waals surface area contributed by atoms with E-state index in [0.717, 1.165) is 17.1 Å². The molecular weight excluding hydrogens is 424 g/mol. The highest BCUT2D eigenvalue weighted by Gasteiger charge is 2.22. The maximum absolute atomic E-state index is 12.9. The first kappa shape index (κ1) is 22.2. The van der Waals surface area contributed by atoms with Crippen molar-refractivity contribution in [3.05, 3.63) is 47.3 Å². The van der Waals surface area contributed by atoms with Crippen LogP contribution < -0.4 is 5.14 Å². The number of sulfonamides is 1. The second kappa shape index (κ2) is 7.97. The van der Waals surface area contributed by atoms with Gasteiger partial charge in [-0.25, -0.2) is 18.2 Å². The Kier molecular flexibility index (Phi) is 5.89. The molecule has 0 saturated carbocycles. The summed E-state index contributed by atoms with van der Waals surface area (Å²) in [7, 11) is -3.76. The molecule has 0 radical (unpaired) electrons. The van der Waals surface area contributed by atoms with Crippen LogP contribution in [-0.4, -0.2) is 44.7 Å². The van der Waals surface area contributed by atoms with Crippen molar-refractivity contribution in [3.63, 3.8) is 0 Å². The largest absolute Gasteiger partial charge is 0.318 e. The molecule has 0 unspecified atom stereocenters. The van der Waals surface area contributed by atoms with Crippen LogP contribution in [0.1, 0.15) is 42.5 Å². The van der Waals surface area contributed by atoms with E-state index in [1.54, 1.807) is 16.8 Å². The number of nitrogens with zero attached hydrogens (tertiary/aromatic N) is 5. The first-order valence-corrected chi connectivity index (χ1v) is 11.7. The van der Waals surface area contributed by atoms with Crippen LogP contribution in [-0.2, 0) is 15.6 Å². The first-order chi connectivity index (χ1) is 13.9. The molecule has 0 fully saturated rings. The summed E-state index contributed by atoms with van der Waals surface area (Å²) in [4.78, 5) is 12.9. The van der Waals surface area contributed by atoms with Crippen molar-refractivity contribution in [1.82, 2.24) is 24.8 Å². The highest BCUT2D eigenvalue weighted by atomic mass is 32.2. The van der Waals surface area contributed by atoms with E-state index in [2.05, 4.69) is 15.5 Å². The molecule has 0 amide bonds. The van der Waals surface area contributed by atoms with Gasteiger partial charge in [0, 0.05) is 22.6 Å². The van der Waals surface area contributed by atoms with Crippen molar-refractivity contribution in [2.24, 2.45) is 5.14 Å². The van der Waals surface area contributed by atoms with Gasteiger partial charge < -0.3 is 4.57 Å². The van der Waals surface area contributed by atoms with E-state index < -0.39 is 10.0 Å².